The maximum Gasteiger partial charge on any atom is 0.177 e. The summed E-state index contributed by atoms with van der Waals surface area (Å²) in [6.07, 6.45) is 5.64. The molecule has 1 heterocycles. The van der Waals surface area contributed by atoms with Crippen LogP contribution in [0.25, 0.3) is 0 Å². The van der Waals surface area contributed by atoms with Gasteiger partial charge in [-0.3, -0.25) is 5.01 Å². The number of rotatable bonds is 7. The first-order valence-corrected chi connectivity index (χ1v) is 9.25. The molecule has 6 nitrogen and oxygen atoms in total. The van der Waals surface area contributed by atoms with Crippen LogP contribution in [0.1, 0.15) is 12.0 Å². The minimum absolute atomic E-state index is 0.280. The summed E-state index contributed by atoms with van der Waals surface area (Å²) in [7, 11) is -2.34. The zero-order chi connectivity index (χ0) is 17.6. The summed E-state index contributed by atoms with van der Waals surface area (Å²) in [5.41, 5.74) is 1.77. The van der Waals surface area contributed by atoms with E-state index in [0.29, 0.717) is 11.6 Å². The topological polar surface area (TPSA) is 76.7 Å². The number of pyridine rings is 1. The lowest BCUT2D eigenvalue weighted by atomic mass is 10.3. The second kappa shape index (κ2) is 8.23. The van der Waals surface area contributed by atoms with E-state index in [9.17, 15) is 13.0 Å². The average Bonchev–Trinajstić information content (AvgIpc) is 2.52. The molecule has 0 aliphatic heterocycles. The number of halogens is 1. The van der Waals surface area contributed by atoms with Crippen molar-refractivity contribution in [2.75, 3.05) is 17.8 Å². The van der Waals surface area contributed by atoms with E-state index in [1.54, 1.807) is 23.4 Å². The SMILES string of the molecule is CN(N=Cc1ccc[n+](CCCS(=O)(=O)[O-])c1)c1ccc(Cl)cc1. The van der Waals surface area contributed by atoms with E-state index in [0.717, 1.165) is 11.3 Å². The smallest absolute Gasteiger partial charge is 0.177 e. The summed E-state index contributed by atoms with van der Waals surface area (Å²) >= 11 is 5.86. The van der Waals surface area contributed by atoms with Crippen LogP contribution in [-0.4, -0.2) is 32.0 Å². The van der Waals surface area contributed by atoms with Crippen LogP contribution in [0.5, 0.6) is 0 Å². The monoisotopic (exact) mass is 367 g/mol. The number of aromatic nitrogens is 1. The van der Waals surface area contributed by atoms with Crippen molar-refractivity contribution in [2.45, 2.75) is 13.0 Å². The standard InChI is InChI=1S/C16H18ClN3O3S/c1-19(16-7-5-15(17)6-8-16)18-12-14-4-2-9-20(13-14)10-3-11-24(21,22)23/h2,4-9,12-13H,3,10-11H2,1H3. The van der Waals surface area contributed by atoms with E-state index < -0.39 is 10.1 Å². The highest BCUT2D eigenvalue weighted by atomic mass is 35.5. The van der Waals surface area contributed by atoms with Gasteiger partial charge in [-0.05, 0) is 30.3 Å². The normalized spacial score (nSPS) is 11.8. The fraction of sp³-hybridized carbons (Fsp3) is 0.250. The van der Waals surface area contributed by atoms with Crippen LogP contribution in [-0.2, 0) is 16.7 Å². The van der Waals surface area contributed by atoms with Crippen molar-refractivity contribution in [1.82, 2.24) is 0 Å². The van der Waals surface area contributed by atoms with Crippen molar-refractivity contribution >= 4 is 33.6 Å². The quantitative estimate of drug-likeness (QED) is 0.325. The van der Waals surface area contributed by atoms with Crippen LogP contribution in [0.2, 0.25) is 5.02 Å². The van der Waals surface area contributed by atoms with Gasteiger partial charge in [0.05, 0.1) is 27.6 Å². The van der Waals surface area contributed by atoms with E-state index in [4.69, 9.17) is 11.6 Å². The maximum absolute atomic E-state index is 10.6. The van der Waals surface area contributed by atoms with Gasteiger partial charge in [-0.25, -0.2) is 13.0 Å². The van der Waals surface area contributed by atoms with Crippen LogP contribution < -0.4 is 9.58 Å². The van der Waals surface area contributed by atoms with Crippen LogP contribution in [0.4, 0.5) is 5.69 Å². The lowest BCUT2D eigenvalue weighted by Crippen LogP contribution is -2.34. The number of anilines is 1. The molecule has 2 aromatic rings. The molecule has 0 amide bonds. The Morgan fingerprint density at radius 3 is 2.67 bits per heavy atom. The number of hydrazone groups is 1. The molecule has 0 saturated carbocycles. The Labute approximate surface area is 146 Å². The Bertz CT molecular complexity index is 808. The van der Waals surface area contributed by atoms with Crippen LogP contribution in [0.15, 0.2) is 53.9 Å². The zero-order valence-corrected chi connectivity index (χ0v) is 14.7. The molecule has 2 rings (SSSR count). The minimum Gasteiger partial charge on any atom is -0.748 e. The molecule has 0 aliphatic carbocycles. The van der Waals surface area contributed by atoms with Gasteiger partial charge in [-0.2, -0.15) is 5.10 Å². The van der Waals surface area contributed by atoms with E-state index in [-0.39, 0.29) is 12.2 Å². The summed E-state index contributed by atoms with van der Waals surface area (Å²) in [5, 5.41) is 6.75. The van der Waals surface area contributed by atoms with E-state index in [2.05, 4.69) is 5.10 Å². The number of aryl methyl sites for hydroxylation is 1. The van der Waals surface area contributed by atoms with Crippen molar-refractivity contribution in [1.29, 1.82) is 0 Å². The van der Waals surface area contributed by atoms with Crippen molar-refractivity contribution in [2.24, 2.45) is 5.10 Å². The molecule has 0 N–H and O–H groups in total. The van der Waals surface area contributed by atoms with E-state index >= 15 is 0 Å². The summed E-state index contributed by atoms with van der Waals surface area (Å²) in [6, 6.07) is 11.1. The summed E-state index contributed by atoms with van der Waals surface area (Å²) in [6.45, 7) is 0.455. The zero-order valence-electron chi connectivity index (χ0n) is 13.2. The largest absolute Gasteiger partial charge is 0.748 e. The first kappa shape index (κ1) is 18.4. The summed E-state index contributed by atoms with van der Waals surface area (Å²) in [5.74, 6) is -0.363. The van der Waals surface area contributed by atoms with Crippen molar-refractivity contribution in [3.63, 3.8) is 0 Å². The van der Waals surface area contributed by atoms with Crippen molar-refractivity contribution < 1.29 is 17.5 Å². The van der Waals surface area contributed by atoms with Gasteiger partial charge in [0.1, 0.15) is 6.54 Å². The van der Waals surface area contributed by atoms with E-state index in [1.165, 1.54) is 0 Å². The number of hydrogen-bond acceptors (Lipinski definition) is 5. The summed E-state index contributed by atoms with van der Waals surface area (Å²) < 4.78 is 33.7. The molecule has 0 spiro atoms. The highest BCUT2D eigenvalue weighted by Gasteiger charge is 2.04. The molecule has 0 unspecified atom stereocenters. The molecule has 0 aliphatic rings. The molecule has 128 valence electrons. The van der Waals surface area contributed by atoms with Gasteiger partial charge in [-0.15, -0.1) is 0 Å². The van der Waals surface area contributed by atoms with Crippen LogP contribution >= 0.6 is 11.6 Å². The molecule has 1 aromatic heterocycles. The van der Waals surface area contributed by atoms with Gasteiger partial charge in [-0.1, -0.05) is 11.6 Å². The highest BCUT2D eigenvalue weighted by molar-refractivity contribution is 7.85. The molecule has 0 bridgehead atoms. The maximum atomic E-state index is 10.6. The number of nitrogens with zero attached hydrogens (tertiary/aromatic N) is 3. The molecule has 24 heavy (non-hydrogen) atoms. The predicted octanol–water partition coefficient (Wildman–Crippen LogP) is 2.03. The molecule has 0 radical (unpaired) electrons. The van der Waals surface area contributed by atoms with E-state index in [1.807, 2.05) is 48.3 Å². The fourth-order valence-electron chi connectivity index (χ4n) is 2.06. The second-order valence-corrected chi connectivity index (χ2v) is 7.20. The molecule has 1 aromatic carbocycles. The Hall–Kier alpha value is -1.96. The van der Waals surface area contributed by atoms with Gasteiger partial charge in [0.25, 0.3) is 0 Å². The highest BCUT2D eigenvalue weighted by Crippen LogP contribution is 2.16. The lowest BCUT2D eigenvalue weighted by molar-refractivity contribution is -0.696. The predicted molar refractivity (Wildman–Crippen MR) is 93.3 cm³/mol. The lowest BCUT2D eigenvalue weighted by Gasteiger charge is -2.12. The second-order valence-electron chi connectivity index (χ2n) is 5.24. The Morgan fingerprint density at radius 2 is 2.00 bits per heavy atom. The third-order valence-electron chi connectivity index (χ3n) is 3.27. The number of hydrogen-bond donors (Lipinski definition) is 0. The van der Waals surface area contributed by atoms with Gasteiger partial charge < -0.3 is 4.55 Å². The van der Waals surface area contributed by atoms with Crippen LogP contribution in [0.3, 0.4) is 0 Å². The first-order chi connectivity index (χ1) is 11.3. The number of benzene rings is 1. The molecule has 8 heteroatoms. The van der Waals surface area contributed by atoms with Crippen LogP contribution in [0, 0.1) is 0 Å². The first-order valence-electron chi connectivity index (χ1n) is 7.29. The van der Waals surface area contributed by atoms with Gasteiger partial charge in [0.15, 0.2) is 12.4 Å². The Kier molecular flexibility index (Phi) is 6.30. The van der Waals surface area contributed by atoms with Crippen molar-refractivity contribution in [3.8, 4) is 0 Å². The molecule has 0 saturated heterocycles. The van der Waals surface area contributed by atoms with Gasteiger partial charge in [0.2, 0.25) is 0 Å². The summed E-state index contributed by atoms with van der Waals surface area (Å²) in [4.78, 5) is 0. The Morgan fingerprint density at radius 1 is 1.29 bits per heavy atom. The van der Waals surface area contributed by atoms with Gasteiger partial charge in [0, 0.05) is 30.3 Å². The molecule has 0 atom stereocenters. The minimum atomic E-state index is -4.17. The molecular weight excluding hydrogens is 350 g/mol. The fourth-order valence-corrected chi connectivity index (χ4v) is 2.67. The molecule has 0 fully saturated rings. The Balaban J connectivity index is 1.99. The van der Waals surface area contributed by atoms with Gasteiger partial charge >= 0.3 is 0 Å². The molecular formula is C16H18ClN3O3S. The average molecular weight is 368 g/mol. The van der Waals surface area contributed by atoms with Crippen molar-refractivity contribution in [3.05, 3.63) is 59.4 Å². The third-order valence-corrected chi connectivity index (χ3v) is 4.31. The third kappa shape index (κ3) is 6.27.